The van der Waals surface area contributed by atoms with Crippen LogP contribution in [0.5, 0.6) is 0 Å². The summed E-state index contributed by atoms with van der Waals surface area (Å²) < 4.78 is 0. The van der Waals surface area contributed by atoms with Gasteiger partial charge >= 0.3 is 5.69 Å². The molecule has 2 rings (SSSR count). The van der Waals surface area contributed by atoms with Crippen LogP contribution in [0.2, 0.25) is 0 Å². The van der Waals surface area contributed by atoms with Gasteiger partial charge in [-0.1, -0.05) is 0 Å². The molecule has 7 heteroatoms. The molecule has 0 radical (unpaired) electrons. The van der Waals surface area contributed by atoms with Gasteiger partial charge in [0.25, 0.3) is 5.56 Å². The SMILES string of the molecule is Cc1nc2[nH]c(=O)[nH]c2c(=O)[nH]1.Cl. The number of hydrogen-bond donors (Lipinski definition) is 3. The van der Waals surface area contributed by atoms with E-state index in [9.17, 15) is 9.59 Å². The van der Waals surface area contributed by atoms with Crippen LogP contribution in [0.1, 0.15) is 5.82 Å². The molecule has 0 fully saturated rings. The zero-order chi connectivity index (χ0) is 8.72. The Morgan fingerprint density at radius 2 is 1.85 bits per heavy atom. The van der Waals surface area contributed by atoms with Crippen molar-refractivity contribution in [3.05, 3.63) is 26.7 Å². The average Bonchev–Trinajstić information content (AvgIpc) is 2.29. The maximum Gasteiger partial charge on any atom is 0.325 e. The number of aromatic nitrogens is 4. The number of rotatable bonds is 0. The molecular weight excluding hydrogens is 196 g/mol. The number of halogens is 1. The molecule has 0 saturated carbocycles. The minimum absolute atomic E-state index is 0. The van der Waals surface area contributed by atoms with E-state index >= 15 is 0 Å². The van der Waals surface area contributed by atoms with Gasteiger partial charge in [0, 0.05) is 0 Å². The Hall–Kier alpha value is -1.56. The number of nitrogens with zero attached hydrogens (tertiary/aromatic N) is 1. The van der Waals surface area contributed by atoms with Crippen molar-refractivity contribution in [2.75, 3.05) is 0 Å². The number of hydrogen-bond acceptors (Lipinski definition) is 3. The first-order chi connectivity index (χ1) is 5.66. The zero-order valence-electron chi connectivity index (χ0n) is 6.67. The van der Waals surface area contributed by atoms with Crippen molar-refractivity contribution in [1.82, 2.24) is 19.9 Å². The lowest BCUT2D eigenvalue weighted by Gasteiger charge is -1.89. The van der Waals surface area contributed by atoms with E-state index in [-0.39, 0.29) is 23.5 Å². The summed E-state index contributed by atoms with van der Waals surface area (Å²) >= 11 is 0. The van der Waals surface area contributed by atoms with E-state index in [2.05, 4.69) is 19.9 Å². The van der Waals surface area contributed by atoms with Crippen molar-refractivity contribution in [2.24, 2.45) is 0 Å². The van der Waals surface area contributed by atoms with Gasteiger partial charge in [-0.15, -0.1) is 12.4 Å². The molecule has 0 aliphatic heterocycles. The van der Waals surface area contributed by atoms with Gasteiger partial charge in [-0.2, -0.15) is 0 Å². The summed E-state index contributed by atoms with van der Waals surface area (Å²) in [6.07, 6.45) is 0. The van der Waals surface area contributed by atoms with E-state index in [1.165, 1.54) is 0 Å². The van der Waals surface area contributed by atoms with Gasteiger partial charge in [0.05, 0.1) is 0 Å². The highest BCUT2D eigenvalue weighted by Gasteiger charge is 2.03. The van der Waals surface area contributed by atoms with Crippen molar-refractivity contribution < 1.29 is 0 Å². The van der Waals surface area contributed by atoms with Crippen LogP contribution in [0.4, 0.5) is 0 Å². The van der Waals surface area contributed by atoms with E-state index in [1.54, 1.807) is 6.92 Å². The summed E-state index contributed by atoms with van der Waals surface area (Å²) in [5, 5.41) is 0. The molecule has 2 aromatic rings. The minimum atomic E-state index is -0.423. The zero-order valence-corrected chi connectivity index (χ0v) is 7.49. The summed E-state index contributed by atoms with van der Waals surface area (Å²) in [6, 6.07) is 0. The second-order valence-corrected chi connectivity index (χ2v) is 2.45. The molecule has 0 aromatic carbocycles. The van der Waals surface area contributed by atoms with Crippen molar-refractivity contribution in [3.63, 3.8) is 0 Å². The quantitative estimate of drug-likeness (QED) is 0.546. The third-order valence-corrected chi connectivity index (χ3v) is 1.51. The Bertz CT molecular complexity index is 537. The molecule has 13 heavy (non-hydrogen) atoms. The van der Waals surface area contributed by atoms with Crippen molar-refractivity contribution in [1.29, 1.82) is 0 Å². The Labute approximate surface area is 77.8 Å². The van der Waals surface area contributed by atoms with Crippen molar-refractivity contribution in [2.45, 2.75) is 6.92 Å². The average molecular weight is 203 g/mol. The Kier molecular flexibility index (Phi) is 2.24. The van der Waals surface area contributed by atoms with Crippen LogP contribution in [0.15, 0.2) is 9.59 Å². The topological polar surface area (TPSA) is 94.4 Å². The predicted molar refractivity (Wildman–Crippen MR) is 49.3 cm³/mol. The smallest absolute Gasteiger partial charge is 0.309 e. The molecule has 2 aromatic heterocycles. The van der Waals surface area contributed by atoms with Gasteiger partial charge in [-0.05, 0) is 6.92 Å². The summed E-state index contributed by atoms with van der Waals surface area (Å²) in [4.78, 5) is 33.0. The number of fused-ring (bicyclic) bond motifs is 1. The number of aryl methyl sites for hydroxylation is 1. The summed E-state index contributed by atoms with van der Waals surface area (Å²) in [6.45, 7) is 1.64. The molecule has 0 atom stereocenters. The lowest BCUT2D eigenvalue weighted by atomic mass is 10.5. The van der Waals surface area contributed by atoms with E-state index in [4.69, 9.17) is 0 Å². The second-order valence-electron chi connectivity index (χ2n) is 2.45. The first-order valence-corrected chi connectivity index (χ1v) is 3.36. The standard InChI is InChI=1S/C6H6N4O2.ClH/c1-2-7-4-3(5(11)8-2)9-6(12)10-4;/h1H3,(H3,7,8,9,10,11,12);1H. The maximum absolute atomic E-state index is 11.1. The maximum atomic E-state index is 11.1. The first-order valence-electron chi connectivity index (χ1n) is 3.36. The molecule has 6 nitrogen and oxygen atoms in total. The van der Waals surface area contributed by atoms with Crippen LogP contribution >= 0.6 is 12.4 Å². The fraction of sp³-hybridized carbons (Fsp3) is 0.167. The van der Waals surface area contributed by atoms with Crippen LogP contribution in [0.25, 0.3) is 11.2 Å². The monoisotopic (exact) mass is 202 g/mol. The molecule has 0 saturated heterocycles. The van der Waals surface area contributed by atoms with Gasteiger partial charge < -0.3 is 4.98 Å². The van der Waals surface area contributed by atoms with Crippen LogP contribution in [0.3, 0.4) is 0 Å². The molecule has 0 spiro atoms. The Balaban J connectivity index is 0.000000845. The summed E-state index contributed by atoms with van der Waals surface area (Å²) in [5.41, 5.74) is -0.281. The van der Waals surface area contributed by atoms with Gasteiger partial charge in [0.15, 0.2) is 11.2 Å². The lowest BCUT2D eigenvalue weighted by molar-refractivity contribution is 1.05. The van der Waals surface area contributed by atoms with Gasteiger partial charge in [-0.3, -0.25) is 14.8 Å². The summed E-state index contributed by atoms with van der Waals surface area (Å²) in [7, 11) is 0. The van der Waals surface area contributed by atoms with Crippen LogP contribution in [0, 0.1) is 6.92 Å². The third kappa shape index (κ3) is 1.48. The minimum Gasteiger partial charge on any atom is -0.309 e. The molecule has 3 N–H and O–H groups in total. The third-order valence-electron chi connectivity index (χ3n) is 1.51. The predicted octanol–water partition coefficient (Wildman–Crippen LogP) is -0.330. The highest BCUT2D eigenvalue weighted by atomic mass is 35.5. The molecule has 0 unspecified atom stereocenters. The largest absolute Gasteiger partial charge is 0.325 e. The molecule has 70 valence electrons. The van der Waals surface area contributed by atoms with Gasteiger partial charge in [-0.25, -0.2) is 9.78 Å². The van der Waals surface area contributed by atoms with Crippen molar-refractivity contribution >= 4 is 23.6 Å². The van der Waals surface area contributed by atoms with E-state index in [1.807, 2.05) is 0 Å². The summed E-state index contributed by atoms with van der Waals surface area (Å²) in [5.74, 6) is 0.475. The molecule has 0 aliphatic carbocycles. The van der Waals surface area contributed by atoms with Gasteiger partial charge in [0.1, 0.15) is 5.82 Å². The molecular formula is C6H7ClN4O2. The van der Waals surface area contributed by atoms with Crippen LogP contribution in [-0.4, -0.2) is 19.9 Å². The van der Waals surface area contributed by atoms with Gasteiger partial charge in [0.2, 0.25) is 0 Å². The molecule has 2 heterocycles. The van der Waals surface area contributed by atoms with E-state index < -0.39 is 5.69 Å². The fourth-order valence-electron chi connectivity index (χ4n) is 1.04. The highest BCUT2D eigenvalue weighted by molar-refractivity contribution is 5.85. The fourth-order valence-corrected chi connectivity index (χ4v) is 1.04. The van der Waals surface area contributed by atoms with Crippen LogP contribution < -0.4 is 11.2 Å². The van der Waals surface area contributed by atoms with E-state index in [0.29, 0.717) is 11.5 Å². The lowest BCUT2D eigenvalue weighted by Crippen LogP contribution is -2.09. The number of H-pyrrole nitrogens is 3. The number of imidazole rings is 1. The van der Waals surface area contributed by atoms with Crippen molar-refractivity contribution in [3.8, 4) is 0 Å². The molecule has 0 amide bonds. The second kappa shape index (κ2) is 3.06. The molecule has 0 aliphatic rings. The Morgan fingerprint density at radius 1 is 1.15 bits per heavy atom. The first kappa shape index (κ1) is 9.53. The number of nitrogens with one attached hydrogen (secondary N) is 3. The number of aromatic amines is 3. The van der Waals surface area contributed by atoms with Crippen LogP contribution in [-0.2, 0) is 0 Å². The Morgan fingerprint density at radius 3 is 2.54 bits per heavy atom. The normalized spacial score (nSPS) is 9.92. The highest BCUT2D eigenvalue weighted by Crippen LogP contribution is 1.94. The molecule has 0 bridgehead atoms. The van der Waals surface area contributed by atoms with E-state index in [0.717, 1.165) is 0 Å².